The van der Waals surface area contributed by atoms with Crippen molar-refractivity contribution in [3.63, 3.8) is 0 Å². The Hall–Kier alpha value is -0.610. The highest BCUT2D eigenvalue weighted by atomic mass is 16.2. The van der Waals surface area contributed by atoms with Crippen molar-refractivity contribution in [2.75, 3.05) is 26.2 Å². The maximum atomic E-state index is 12.0. The summed E-state index contributed by atoms with van der Waals surface area (Å²) in [6.45, 7) is 7.72. The predicted octanol–water partition coefficient (Wildman–Crippen LogP) is 0.182. The van der Waals surface area contributed by atoms with Crippen molar-refractivity contribution in [3.05, 3.63) is 0 Å². The van der Waals surface area contributed by atoms with Gasteiger partial charge in [-0.25, -0.2) is 0 Å². The monoisotopic (exact) mass is 213 g/mol. The van der Waals surface area contributed by atoms with Crippen LogP contribution in [0, 0.1) is 5.92 Å². The molecule has 0 aromatic rings. The van der Waals surface area contributed by atoms with Crippen LogP contribution in [0.2, 0.25) is 0 Å². The van der Waals surface area contributed by atoms with Crippen LogP contribution >= 0.6 is 0 Å². The maximum Gasteiger partial charge on any atom is 0.239 e. The predicted molar refractivity (Wildman–Crippen MR) is 61.5 cm³/mol. The Labute approximate surface area is 92.2 Å². The van der Waals surface area contributed by atoms with Crippen molar-refractivity contribution < 1.29 is 4.79 Å². The zero-order chi connectivity index (χ0) is 11.3. The number of nitrogens with two attached hydrogens (primary N) is 1. The molecular formula is C11H23N3O. The molecule has 0 saturated carbocycles. The van der Waals surface area contributed by atoms with Gasteiger partial charge < -0.3 is 16.0 Å². The summed E-state index contributed by atoms with van der Waals surface area (Å²) in [6.07, 6.45) is 1.81. The van der Waals surface area contributed by atoms with Gasteiger partial charge in [-0.3, -0.25) is 4.79 Å². The van der Waals surface area contributed by atoms with Gasteiger partial charge in [-0.05, 0) is 25.3 Å². The van der Waals surface area contributed by atoms with E-state index in [1.165, 1.54) is 0 Å². The second-order valence-corrected chi connectivity index (χ2v) is 4.66. The minimum absolute atomic E-state index is 0.118. The van der Waals surface area contributed by atoms with E-state index in [9.17, 15) is 4.79 Å². The average Bonchev–Trinajstić information content (AvgIpc) is 2.43. The van der Waals surface area contributed by atoms with Crippen molar-refractivity contribution in [3.8, 4) is 0 Å². The lowest BCUT2D eigenvalue weighted by Gasteiger charge is -2.24. The van der Waals surface area contributed by atoms with E-state index < -0.39 is 0 Å². The van der Waals surface area contributed by atoms with Gasteiger partial charge in [0, 0.05) is 19.6 Å². The summed E-state index contributed by atoms with van der Waals surface area (Å²) in [5.74, 6) is 0.599. The van der Waals surface area contributed by atoms with Crippen LogP contribution in [0.25, 0.3) is 0 Å². The zero-order valence-electron chi connectivity index (χ0n) is 9.83. The lowest BCUT2D eigenvalue weighted by molar-refractivity contribution is -0.132. The standard InChI is InChI=1S/C11H23N3O/c1-9(2)8-10(12)11(15)14-6-3-4-13-5-7-14/h9-10,13H,3-8,12H2,1-2H3/t10-/m0/s1. The molecule has 0 aromatic heterocycles. The van der Waals surface area contributed by atoms with Crippen molar-refractivity contribution in [2.45, 2.75) is 32.7 Å². The van der Waals surface area contributed by atoms with Gasteiger partial charge in [0.05, 0.1) is 6.04 Å². The third-order valence-corrected chi connectivity index (χ3v) is 2.69. The van der Waals surface area contributed by atoms with E-state index >= 15 is 0 Å². The molecule has 0 aromatic carbocycles. The third-order valence-electron chi connectivity index (χ3n) is 2.69. The van der Waals surface area contributed by atoms with Gasteiger partial charge in [0.1, 0.15) is 0 Å². The van der Waals surface area contributed by atoms with Crippen LogP contribution in [0.1, 0.15) is 26.7 Å². The smallest absolute Gasteiger partial charge is 0.239 e. The molecular weight excluding hydrogens is 190 g/mol. The Morgan fingerprint density at radius 2 is 2.13 bits per heavy atom. The van der Waals surface area contributed by atoms with Crippen LogP contribution in [0.4, 0.5) is 0 Å². The number of nitrogens with one attached hydrogen (secondary N) is 1. The fourth-order valence-corrected chi connectivity index (χ4v) is 1.91. The Balaban J connectivity index is 2.42. The maximum absolute atomic E-state index is 12.0. The molecule has 1 rings (SSSR count). The third kappa shape index (κ3) is 4.18. The van der Waals surface area contributed by atoms with Crippen molar-refractivity contribution in [1.82, 2.24) is 10.2 Å². The van der Waals surface area contributed by atoms with E-state index in [-0.39, 0.29) is 11.9 Å². The van der Waals surface area contributed by atoms with E-state index in [4.69, 9.17) is 5.73 Å². The number of rotatable bonds is 3. The van der Waals surface area contributed by atoms with E-state index in [0.717, 1.165) is 39.0 Å². The topological polar surface area (TPSA) is 58.4 Å². The van der Waals surface area contributed by atoms with Crippen LogP contribution < -0.4 is 11.1 Å². The molecule has 1 aliphatic heterocycles. The average molecular weight is 213 g/mol. The summed E-state index contributed by atoms with van der Waals surface area (Å²) in [5.41, 5.74) is 5.89. The van der Waals surface area contributed by atoms with Gasteiger partial charge >= 0.3 is 0 Å². The van der Waals surface area contributed by atoms with Crippen LogP contribution in [0.15, 0.2) is 0 Å². The van der Waals surface area contributed by atoms with Crippen LogP contribution in [-0.2, 0) is 4.79 Å². The van der Waals surface area contributed by atoms with Gasteiger partial charge in [-0.1, -0.05) is 13.8 Å². The van der Waals surface area contributed by atoms with E-state index in [2.05, 4.69) is 19.2 Å². The number of nitrogens with zero attached hydrogens (tertiary/aromatic N) is 1. The molecule has 15 heavy (non-hydrogen) atoms. The molecule has 3 N–H and O–H groups in total. The summed E-state index contributed by atoms with van der Waals surface area (Å²) in [7, 11) is 0. The molecule has 0 radical (unpaired) electrons. The van der Waals surface area contributed by atoms with Gasteiger partial charge in [0.2, 0.25) is 5.91 Å². The second-order valence-electron chi connectivity index (χ2n) is 4.66. The fraction of sp³-hybridized carbons (Fsp3) is 0.909. The molecule has 1 amide bonds. The van der Waals surface area contributed by atoms with Crippen LogP contribution in [0.5, 0.6) is 0 Å². The number of carbonyl (C=O) groups excluding carboxylic acids is 1. The Morgan fingerprint density at radius 1 is 1.40 bits per heavy atom. The summed E-state index contributed by atoms with van der Waals surface area (Å²) >= 11 is 0. The number of hydrogen-bond acceptors (Lipinski definition) is 3. The molecule has 1 saturated heterocycles. The summed E-state index contributed by atoms with van der Waals surface area (Å²) < 4.78 is 0. The molecule has 0 spiro atoms. The molecule has 4 nitrogen and oxygen atoms in total. The minimum atomic E-state index is -0.317. The largest absolute Gasteiger partial charge is 0.340 e. The molecule has 0 aliphatic carbocycles. The molecule has 1 fully saturated rings. The molecule has 0 unspecified atom stereocenters. The highest BCUT2D eigenvalue weighted by molar-refractivity contribution is 5.81. The quantitative estimate of drug-likeness (QED) is 0.703. The highest BCUT2D eigenvalue weighted by Crippen LogP contribution is 2.06. The van der Waals surface area contributed by atoms with Gasteiger partial charge in [0.25, 0.3) is 0 Å². The molecule has 4 heteroatoms. The first-order chi connectivity index (χ1) is 7.11. The molecule has 88 valence electrons. The first kappa shape index (κ1) is 12.5. The van der Waals surface area contributed by atoms with Crippen molar-refractivity contribution in [1.29, 1.82) is 0 Å². The summed E-state index contributed by atoms with van der Waals surface area (Å²) in [4.78, 5) is 13.9. The number of carbonyl (C=O) groups is 1. The van der Waals surface area contributed by atoms with Gasteiger partial charge in [0.15, 0.2) is 0 Å². The first-order valence-electron chi connectivity index (χ1n) is 5.86. The van der Waals surface area contributed by atoms with Gasteiger partial charge in [-0.15, -0.1) is 0 Å². The minimum Gasteiger partial charge on any atom is -0.340 e. The van der Waals surface area contributed by atoms with E-state index in [1.807, 2.05) is 4.90 Å². The zero-order valence-corrected chi connectivity index (χ0v) is 9.83. The fourth-order valence-electron chi connectivity index (χ4n) is 1.91. The lowest BCUT2D eigenvalue weighted by atomic mass is 10.0. The summed E-state index contributed by atoms with van der Waals surface area (Å²) in [6, 6.07) is -0.317. The summed E-state index contributed by atoms with van der Waals surface area (Å²) in [5, 5.41) is 3.28. The normalized spacial score (nSPS) is 20.1. The number of hydrogen-bond donors (Lipinski definition) is 2. The number of amides is 1. The molecule has 1 aliphatic rings. The van der Waals surface area contributed by atoms with Gasteiger partial charge in [-0.2, -0.15) is 0 Å². The van der Waals surface area contributed by atoms with E-state index in [1.54, 1.807) is 0 Å². The molecule has 0 bridgehead atoms. The van der Waals surface area contributed by atoms with Crippen LogP contribution in [0.3, 0.4) is 0 Å². The van der Waals surface area contributed by atoms with Crippen LogP contribution in [-0.4, -0.2) is 43.0 Å². The van der Waals surface area contributed by atoms with Crippen molar-refractivity contribution in [2.24, 2.45) is 11.7 Å². The second kappa shape index (κ2) is 6.08. The van der Waals surface area contributed by atoms with Crippen molar-refractivity contribution >= 4 is 5.91 Å². The Morgan fingerprint density at radius 3 is 2.80 bits per heavy atom. The van der Waals surface area contributed by atoms with E-state index in [0.29, 0.717) is 5.92 Å². The Bertz CT molecular complexity index is 198. The first-order valence-corrected chi connectivity index (χ1v) is 5.86. The lowest BCUT2D eigenvalue weighted by Crippen LogP contribution is -2.45. The Kier molecular flexibility index (Phi) is 5.05. The molecule has 1 heterocycles. The SMILES string of the molecule is CC(C)C[C@H](N)C(=O)N1CCCNCC1. The molecule has 1 atom stereocenters. The highest BCUT2D eigenvalue weighted by Gasteiger charge is 2.22.